The minimum Gasteiger partial charge on any atom is -0.507 e. The number of nitrogens with zero attached hydrogens (tertiary/aromatic N) is 2. The fourth-order valence-electron chi connectivity index (χ4n) is 2.71. The molecular weight excluding hydrogens is 363 g/mol. The normalized spacial score (nSPS) is 14.9. The number of carbonyl (C=O) groups is 1. The Morgan fingerprint density at radius 3 is 2.48 bits per heavy atom. The predicted octanol–water partition coefficient (Wildman–Crippen LogP) is 3.26. The Hall–Kier alpha value is -2.08. The van der Waals surface area contributed by atoms with Crippen molar-refractivity contribution in [3.63, 3.8) is 0 Å². The van der Waals surface area contributed by atoms with Crippen LogP contribution in [-0.4, -0.2) is 42.1 Å². The molecule has 1 fully saturated rings. The van der Waals surface area contributed by atoms with E-state index in [2.05, 4.69) is 15.9 Å². The van der Waals surface area contributed by atoms with Crippen LogP contribution in [0.2, 0.25) is 0 Å². The number of anilines is 1. The van der Waals surface area contributed by atoms with Crippen LogP contribution in [0.3, 0.4) is 0 Å². The molecule has 2 aromatic carbocycles. The zero-order valence-corrected chi connectivity index (χ0v) is 14.0. The molecule has 4 nitrogen and oxygen atoms in total. The highest BCUT2D eigenvalue weighted by atomic mass is 79.9. The van der Waals surface area contributed by atoms with Crippen molar-refractivity contribution < 1.29 is 14.3 Å². The maximum Gasteiger partial charge on any atom is 0.257 e. The van der Waals surface area contributed by atoms with E-state index in [1.54, 1.807) is 35.2 Å². The zero-order chi connectivity index (χ0) is 16.4. The summed E-state index contributed by atoms with van der Waals surface area (Å²) in [6.45, 7) is 2.08. The average Bonchev–Trinajstić information content (AvgIpc) is 2.57. The minimum atomic E-state index is -0.253. The molecule has 1 aliphatic rings. The van der Waals surface area contributed by atoms with Crippen molar-refractivity contribution in [1.29, 1.82) is 0 Å². The molecule has 0 bridgehead atoms. The van der Waals surface area contributed by atoms with Gasteiger partial charge in [0.1, 0.15) is 11.6 Å². The Kier molecular flexibility index (Phi) is 4.52. The fourth-order valence-corrected chi connectivity index (χ4v) is 3.07. The lowest BCUT2D eigenvalue weighted by Crippen LogP contribution is -2.49. The smallest absolute Gasteiger partial charge is 0.257 e. The Morgan fingerprint density at radius 1 is 1.09 bits per heavy atom. The molecule has 1 saturated heterocycles. The Morgan fingerprint density at radius 2 is 1.78 bits per heavy atom. The second-order valence-corrected chi connectivity index (χ2v) is 6.31. The molecule has 23 heavy (non-hydrogen) atoms. The summed E-state index contributed by atoms with van der Waals surface area (Å²) in [5.74, 6) is -0.497. The van der Waals surface area contributed by atoms with Crippen LogP contribution in [0, 0.1) is 5.82 Å². The highest BCUT2D eigenvalue weighted by Crippen LogP contribution is 2.25. The van der Waals surface area contributed by atoms with Gasteiger partial charge in [-0.2, -0.15) is 0 Å². The molecule has 0 unspecified atom stereocenters. The number of piperazine rings is 1. The van der Waals surface area contributed by atoms with Crippen molar-refractivity contribution in [2.75, 3.05) is 31.1 Å². The van der Waals surface area contributed by atoms with Gasteiger partial charge < -0.3 is 14.9 Å². The number of halogens is 2. The number of rotatable bonds is 2. The molecule has 0 aliphatic carbocycles. The van der Waals surface area contributed by atoms with Crippen molar-refractivity contribution in [2.45, 2.75) is 0 Å². The van der Waals surface area contributed by atoms with Gasteiger partial charge in [-0.25, -0.2) is 4.39 Å². The van der Waals surface area contributed by atoms with E-state index in [0.29, 0.717) is 31.9 Å². The lowest BCUT2D eigenvalue weighted by molar-refractivity contribution is 0.0743. The van der Waals surface area contributed by atoms with Crippen LogP contribution in [0.1, 0.15) is 10.4 Å². The van der Waals surface area contributed by atoms with Gasteiger partial charge in [-0.3, -0.25) is 4.79 Å². The summed E-state index contributed by atoms with van der Waals surface area (Å²) in [7, 11) is 0. The lowest BCUT2D eigenvalue weighted by atomic mass is 10.1. The van der Waals surface area contributed by atoms with Crippen molar-refractivity contribution in [3.8, 4) is 5.75 Å². The summed E-state index contributed by atoms with van der Waals surface area (Å²) in [6.07, 6.45) is 0. The number of para-hydroxylation sites is 1. The van der Waals surface area contributed by atoms with Gasteiger partial charge in [-0.1, -0.05) is 28.1 Å². The predicted molar refractivity (Wildman–Crippen MR) is 90.3 cm³/mol. The van der Waals surface area contributed by atoms with E-state index >= 15 is 0 Å². The molecular formula is C17H16BrFN2O2. The molecule has 1 aliphatic heterocycles. The summed E-state index contributed by atoms with van der Waals surface area (Å²) >= 11 is 3.30. The highest BCUT2D eigenvalue weighted by Gasteiger charge is 2.25. The summed E-state index contributed by atoms with van der Waals surface area (Å²) in [5, 5.41) is 9.87. The number of aromatic hydroxyl groups is 1. The van der Waals surface area contributed by atoms with E-state index in [0.717, 1.165) is 4.47 Å². The molecule has 1 N–H and O–H groups in total. The third kappa shape index (κ3) is 3.32. The summed E-state index contributed by atoms with van der Waals surface area (Å²) in [5.41, 5.74) is 0.837. The molecule has 6 heteroatoms. The first-order valence-corrected chi connectivity index (χ1v) is 8.13. The number of hydrogen-bond donors (Lipinski definition) is 1. The largest absolute Gasteiger partial charge is 0.507 e. The van der Waals surface area contributed by atoms with Gasteiger partial charge in [0.05, 0.1) is 11.3 Å². The Balaban J connectivity index is 1.70. The van der Waals surface area contributed by atoms with Crippen LogP contribution in [0.5, 0.6) is 5.75 Å². The van der Waals surface area contributed by atoms with Gasteiger partial charge in [0.15, 0.2) is 0 Å². The van der Waals surface area contributed by atoms with E-state index in [9.17, 15) is 14.3 Å². The maximum atomic E-state index is 13.8. The fraction of sp³-hybridized carbons (Fsp3) is 0.235. The molecule has 0 saturated carbocycles. The standard InChI is InChI=1S/C17H16BrFN2O2/c18-12-5-6-16(22)13(11-12)17(23)21-9-7-20(8-10-21)15-4-2-1-3-14(15)19/h1-6,11,22H,7-10H2. The molecule has 2 aromatic rings. The van der Waals surface area contributed by atoms with Crippen LogP contribution >= 0.6 is 15.9 Å². The average molecular weight is 379 g/mol. The van der Waals surface area contributed by atoms with Crippen molar-refractivity contribution in [2.24, 2.45) is 0 Å². The van der Waals surface area contributed by atoms with Crippen molar-refractivity contribution in [3.05, 3.63) is 58.3 Å². The number of amides is 1. The molecule has 3 rings (SSSR count). The van der Waals surface area contributed by atoms with Crippen LogP contribution < -0.4 is 4.90 Å². The van der Waals surface area contributed by atoms with Crippen LogP contribution in [0.25, 0.3) is 0 Å². The van der Waals surface area contributed by atoms with Gasteiger partial charge in [0, 0.05) is 30.7 Å². The van der Waals surface area contributed by atoms with Crippen LogP contribution in [-0.2, 0) is 0 Å². The zero-order valence-electron chi connectivity index (χ0n) is 12.4. The lowest BCUT2D eigenvalue weighted by Gasteiger charge is -2.36. The third-order valence-corrected chi connectivity index (χ3v) is 4.44. The van der Waals surface area contributed by atoms with E-state index in [1.165, 1.54) is 12.1 Å². The van der Waals surface area contributed by atoms with Gasteiger partial charge in [0.25, 0.3) is 5.91 Å². The quantitative estimate of drug-likeness (QED) is 0.871. The number of carbonyl (C=O) groups excluding carboxylic acids is 1. The first-order valence-electron chi connectivity index (χ1n) is 7.33. The number of benzene rings is 2. The molecule has 1 heterocycles. The van der Waals surface area contributed by atoms with Gasteiger partial charge in [0.2, 0.25) is 0 Å². The van der Waals surface area contributed by atoms with E-state index in [1.807, 2.05) is 4.90 Å². The monoisotopic (exact) mass is 378 g/mol. The third-order valence-electron chi connectivity index (χ3n) is 3.95. The minimum absolute atomic E-state index is 0.0327. The highest BCUT2D eigenvalue weighted by molar-refractivity contribution is 9.10. The summed E-state index contributed by atoms with van der Waals surface area (Å²) in [4.78, 5) is 16.1. The second kappa shape index (κ2) is 6.58. The van der Waals surface area contributed by atoms with Crippen LogP contribution in [0.15, 0.2) is 46.9 Å². The topological polar surface area (TPSA) is 43.8 Å². The maximum absolute atomic E-state index is 13.8. The molecule has 0 atom stereocenters. The van der Waals surface area contributed by atoms with Gasteiger partial charge >= 0.3 is 0 Å². The second-order valence-electron chi connectivity index (χ2n) is 5.39. The van der Waals surface area contributed by atoms with Crippen LogP contribution in [0.4, 0.5) is 10.1 Å². The van der Waals surface area contributed by atoms with E-state index < -0.39 is 0 Å². The summed E-state index contributed by atoms with van der Waals surface area (Å²) in [6, 6.07) is 11.4. The Labute approximate surface area is 142 Å². The molecule has 0 aromatic heterocycles. The first kappa shape index (κ1) is 15.8. The number of phenolic OH excluding ortho intramolecular Hbond substituents is 1. The number of phenols is 1. The SMILES string of the molecule is O=C(c1cc(Br)ccc1O)N1CCN(c2ccccc2F)CC1. The molecule has 0 radical (unpaired) electrons. The van der Waals surface area contributed by atoms with E-state index in [4.69, 9.17) is 0 Å². The van der Waals surface area contributed by atoms with E-state index in [-0.39, 0.29) is 23.0 Å². The van der Waals surface area contributed by atoms with Gasteiger partial charge in [-0.05, 0) is 30.3 Å². The van der Waals surface area contributed by atoms with Gasteiger partial charge in [-0.15, -0.1) is 0 Å². The molecule has 0 spiro atoms. The Bertz CT molecular complexity index is 730. The molecule has 1 amide bonds. The molecule has 120 valence electrons. The van der Waals surface area contributed by atoms with Crippen molar-refractivity contribution in [1.82, 2.24) is 4.90 Å². The summed E-state index contributed by atoms with van der Waals surface area (Å²) < 4.78 is 14.6. The van der Waals surface area contributed by atoms with Crippen molar-refractivity contribution >= 4 is 27.5 Å². The first-order chi connectivity index (χ1) is 11.1. The number of hydrogen-bond acceptors (Lipinski definition) is 3.